The van der Waals surface area contributed by atoms with Crippen LogP contribution >= 0.6 is 0 Å². The minimum Gasteiger partial charge on any atom is -0.493 e. The van der Waals surface area contributed by atoms with E-state index in [9.17, 15) is 0 Å². The molecule has 1 aromatic rings. The standard InChI is InChI=1S/C21H34N2O3/c1-16-7-5-6-8-18(16)23-13-11-22(12-14-23)15-17-9-10-19(24-2)21(26-4)20(17)25-3/h9-10,16,18H,5-8,11-15H2,1-4H3/t16-,18-/m0/s1. The van der Waals surface area contributed by atoms with E-state index in [1.807, 2.05) is 6.07 Å². The van der Waals surface area contributed by atoms with Crippen LogP contribution in [0.2, 0.25) is 0 Å². The zero-order valence-corrected chi connectivity index (χ0v) is 16.8. The van der Waals surface area contributed by atoms with Crippen molar-refractivity contribution in [3.05, 3.63) is 17.7 Å². The number of piperazine rings is 1. The molecular formula is C21H34N2O3. The predicted octanol–water partition coefficient (Wildman–Crippen LogP) is 3.41. The second-order valence-corrected chi connectivity index (χ2v) is 7.63. The zero-order chi connectivity index (χ0) is 18.5. The number of rotatable bonds is 6. The van der Waals surface area contributed by atoms with Gasteiger partial charge in [-0.05, 0) is 24.8 Å². The third-order valence-corrected chi connectivity index (χ3v) is 6.12. The van der Waals surface area contributed by atoms with Crippen molar-refractivity contribution >= 4 is 0 Å². The molecule has 2 atom stereocenters. The first-order valence-electron chi connectivity index (χ1n) is 9.92. The second kappa shape index (κ2) is 8.96. The van der Waals surface area contributed by atoms with Crippen LogP contribution in [0.3, 0.4) is 0 Å². The van der Waals surface area contributed by atoms with E-state index in [2.05, 4.69) is 22.8 Å². The fourth-order valence-electron chi connectivity index (χ4n) is 4.62. The van der Waals surface area contributed by atoms with Gasteiger partial charge in [-0.15, -0.1) is 0 Å². The summed E-state index contributed by atoms with van der Waals surface area (Å²) < 4.78 is 16.5. The van der Waals surface area contributed by atoms with Crippen LogP contribution in [0, 0.1) is 5.92 Å². The molecule has 5 heteroatoms. The quantitative estimate of drug-likeness (QED) is 0.775. The summed E-state index contributed by atoms with van der Waals surface area (Å²) in [6.07, 6.45) is 5.59. The SMILES string of the molecule is COc1ccc(CN2CCN([C@H]3CCCC[C@@H]3C)CC2)c(OC)c1OC. The van der Waals surface area contributed by atoms with E-state index < -0.39 is 0 Å². The highest BCUT2D eigenvalue weighted by atomic mass is 16.5. The van der Waals surface area contributed by atoms with E-state index in [0.29, 0.717) is 11.5 Å². The Morgan fingerprint density at radius 1 is 0.885 bits per heavy atom. The van der Waals surface area contributed by atoms with Crippen LogP contribution in [0.4, 0.5) is 0 Å². The fraction of sp³-hybridized carbons (Fsp3) is 0.714. The summed E-state index contributed by atoms with van der Waals surface area (Å²) in [7, 11) is 5.01. The molecule has 0 spiro atoms. The van der Waals surface area contributed by atoms with Gasteiger partial charge in [-0.2, -0.15) is 0 Å². The molecule has 3 rings (SSSR count). The maximum atomic E-state index is 5.64. The van der Waals surface area contributed by atoms with E-state index in [0.717, 1.165) is 42.9 Å². The van der Waals surface area contributed by atoms with Crippen molar-refractivity contribution in [1.29, 1.82) is 0 Å². The van der Waals surface area contributed by atoms with E-state index in [4.69, 9.17) is 14.2 Å². The molecular weight excluding hydrogens is 328 g/mol. The summed E-state index contributed by atoms with van der Waals surface area (Å²) in [6, 6.07) is 4.85. The minimum absolute atomic E-state index is 0.683. The van der Waals surface area contributed by atoms with Gasteiger partial charge in [0.05, 0.1) is 21.3 Å². The average Bonchev–Trinajstić information content (AvgIpc) is 2.68. The molecule has 0 radical (unpaired) electrons. The molecule has 5 nitrogen and oxygen atoms in total. The van der Waals surface area contributed by atoms with Gasteiger partial charge in [-0.25, -0.2) is 0 Å². The molecule has 0 N–H and O–H groups in total. The number of hydrogen-bond donors (Lipinski definition) is 0. The molecule has 26 heavy (non-hydrogen) atoms. The lowest BCUT2D eigenvalue weighted by molar-refractivity contribution is 0.0515. The monoisotopic (exact) mass is 362 g/mol. The largest absolute Gasteiger partial charge is 0.493 e. The lowest BCUT2D eigenvalue weighted by Gasteiger charge is -2.43. The summed E-state index contributed by atoms with van der Waals surface area (Å²) in [4.78, 5) is 5.25. The normalized spacial score (nSPS) is 25.1. The van der Waals surface area contributed by atoms with Crippen molar-refractivity contribution in [1.82, 2.24) is 9.80 Å². The molecule has 1 saturated carbocycles. The van der Waals surface area contributed by atoms with Gasteiger partial charge in [0.2, 0.25) is 5.75 Å². The Balaban J connectivity index is 1.62. The number of benzene rings is 1. The lowest BCUT2D eigenvalue weighted by Crippen LogP contribution is -2.52. The summed E-state index contributed by atoms with van der Waals surface area (Å²) in [5.74, 6) is 3.03. The number of methoxy groups -OCH3 is 3. The Hall–Kier alpha value is -1.46. The minimum atomic E-state index is 0.683. The van der Waals surface area contributed by atoms with Gasteiger partial charge in [0, 0.05) is 44.3 Å². The highest BCUT2D eigenvalue weighted by Gasteiger charge is 2.30. The van der Waals surface area contributed by atoms with Gasteiger partial charge >= 0.3 is 0 Å². The van der Waals surface area contributed by atoms with Crippen molar-refractivity contribution in [2.75, 3.05) is 47.5 Å². The van der Waals surface area contributed by atoms with Crippen LogP contribution in [-0.2, 0) is 6.54 Å². The predicted molar refractivity (Wildman–Crippen MR) is 104 cm³/mol. The Morgan fingerprint density at radius 2 is 1.58 bits per heavy atom. The molecule has 1 heterocycles. The van der Waals surface area contributed by atoms with Gasteiger partial charge < -0.3 is 14.2 Å². The second-order valence-electron chi connectivity index (χ2n) is 7.63. The maximum absolute atomic E-state index is 5.64. The molecule has 0 amide bonds. The number of nitrogens with zero attached hydrogens (tertiary/aromatic N) is 2. The topological polar surface area (TPSA) is 34.2 Å². The van der Waals surface area contributed by atoms with Gasteiger partial charge in [-0.3, -0.25) is 9.80 Å². The molecule has 1 aromatic carbocycles. The first-order chi connectivity index (χ1) is 12.7. The van der Waals surface area contributed by atoms with Gasteiger partial charge in [0.25, 0.3) is 0 Å². The first-order valence-corrected chi connectivity index (χ1v) is 9.92. The van der Waals surface area contributed by atoms with Crippen LogP contribution in [-0.4, -0.2) is 63.4 Å². The van der Waals surface area contributed by atoms with Gasteiger partial charge in [0.15, 0.2) is 11.5 Å². The Kier molecular flexibility index (Phi) is 6.65. The van der Waals surface area contributed by atoms with Crippen molar-refractivity contribution < 1.29 is 14.2 Å². The van der Waals surface area contributed by atoms with Crippen LogP contribution in [0.15, 0.2) is 12.1 Å². The molecule has 0 bridgehead atoms. The molecule has 2 aliphatic rings. The van der Waals surface area contributed by atoms with Crippen molar-refractivity contribution in [3.63, 3.8) is 0 Å². The fourth-order valence-corrected chi connectivity index (χ4v) is 4.62. The van der Waals surface area contributed by atoms with E-state index in [-0.39, 0.29) is 0 Å². The molecule has 2 fully saturated rings. The van der Waals surface area contributed by atoms with Crippen molar-refractivity contribution in [2.24, 2.45) is 5.92 Å². The average molecular weight is 363 g/mol. The van der Waals surface area contributed by atoms with Gasteiger partial charge in [-0.1, -0.05) is 25.8 Å². The zero-order valence-electron chi connectivity index (χ0n) is 16.8. The maximum Gasteiger partial charge on any atom is 0.203 e. The van der Waals surface area contributed by atoms with Crippen LogP contribution in [0.1, 0.15) is 38.2 Å². The third-order valence-electron chi connectivity index (χ3n) is 6.12. The highest BCUT2D eigenvalue weighted by Crippen LogP contribution is 2.40. The van der Waals surface area contributed by atoms with Crippen molar-refractivity contribution in [3.8, 4) is 17.2 Å². The first kappa shape index (κ1) is 19.3. The van der Waals surface area contributed by atoms with E-state index in [1.165, 1.54) is 38.8 Å². The molecule has 0 aromatic heterocycles. The molecule has 1 aliphatic carbocycles. The summed E-state index contributed by atoms with van der Waals surface area (Å²) in [5.41, 5.74) is 1.16. The molecule has 146 valence electrons. The summed E-state index contributed by atoms with van der Waals surface area (Å²) in [5, 5.41) is 0. The van der Waals surface area contributed by atoms with E-state index in [1.54, 1.807) is 21.3 Å². The Bertz CT molecular complexity index is 585. The van der Waals surface area contributed by atoms with E-state index >= 15 is 0 Å². The molecule has 1 saturated heterocycles. The smallest absolute Gasteiger partial charge is 0.203 e. The molecule has 0 unspecified atom stereocenters. The van der Waals surface area contributed by atoms with Gasteiger partial charge in [0.1, 0.15) is 0 Å². The Morgan fingerprint density at radius 3 is 2.19 bits per heavy atom. The highest BCUT2D eigenvalue weighted by molar-refractivity contribution is 5.55. The molecule has 1 aliphatic heterocycles. The third kappa shape index (κ3) is 4.09. The summed E-state index contributed by atoms with van der Waals surface area (Å²) in [6.45, 7) is 7.89. The van der Waals surface area contributed by atoms with Crippen LogP contribution in [0.25, 0.3) is 0 Å². The summed E-state index contributed by atoms with van der Waals surface area (Å²) >= 11 is 0. The van der Waals surface area contributed by atoms with Crippen LogP contribution in [0.5, 0.6) is 17.2 Å². The van der Waals surface area contributed by atoms with Crippen molar-refractivity contribution in [2.45, 2.75) is 45.2 Å². The Labute approximate surface area is 158 Å². The number of hydrogen-bond acceptors (Lipinski definition) is 5. The number of ether oxygens (including phenoxy) is 3. The lowest BCUT2D eigenvalue weighted by atomic mass is 9.84. The van der Waals surface area contributed by atoms with Crippen LogP contribution < -0.4 is 14.2 Å².